The SMILES string of the molecule is C=C[C@H](C#CC#CC[C@H]1OC(C)(C)O[C@@H]1CCCCCCC)O[Si](c1ccccc1)(c1ccccc1)C(C)(C)C. The lowest BCUT2D eigenvalue weighted by atomic mass is 10.0. The van der Waals surface area contributed by atoms with Crippen LogP contribution < -0.4 is 10.4 Å². The smallest absolute Gasteiger partial charge is 0.263 e. The van der Waals surface area contributed by atoms with Gasteiger partial charge in [0.05, 0.1) is 12.2 Å². The van der Waals surface area contributed by atoms with E-state index in [1.54, 1.807) is 6.08 Å². The van der Waals surface area contributed by atoms with Crippen molar-refractivity contribution >= 4 is 18.7 Å². The summed E-state index contributed by atoms with van der Waals surface area (Å²) in [6.07, 6.45) is 9.26. The quantitative estimate of drug-likeness (QED) is 0.118. The van der Waals surface area contributed by atoms with Crippen molar-refractivity contribution in [2.75, 3.05) is 0 Å². The van der Waals surface area contributed by atoms with Gasteiger partial charge in [-0.25, -0.2) is 0 Å². The zero-order chi connectivity index (χ0) is 29.1. The van der Waals surface area contributed by atoms with Crippen molar-refractivity contribution in [1.82, 2.24) is 0 Å². The zero-order valence-electron chi connectivity index (χ0n) is 25.5. The summed E-state index contributed by atoms with van der Waals surface area (Å²) in [6, 6.07) is 21.2. The van der Waals surface area contributed by atoms with Gasteiger partial charge in [-0.05, 0) is 47.5 Å². The molecule has 0 N–H and O–H groups in total. The third-order valence-electron chi connectivity index (χ3n) is 7.48. The molecule has 0 radical (unpaired) electrons. The van der Waals surface area contributed by atoms with Crippen LogP contribution in [0.4, 0.5) is 0 Å². The van der Waals surface area contributed by atoms with Gasteiger partial charge in [-0.15, -0.1) is 0 Å². The Kier molecular flexibility index (Phi) is 11.9. The molecule has 1 saturated heterocycles. The van der Waals surface area contributed by atoms with Crippen molar-refractivity contribution in [1.29, 1.82) is 0 Å². The predicted molar refractivity (Wildman–Crippen MR) is 170 cm³/mol. The number of ether oxygens (including phenoxy) is 2. The second-order valence-electron chi connectivity index (χ2n) is 12.1. The summed E-state index contributed by atoms with van der Waals surface area (Å²) in [7, 11) is -2.73. The van der Waals surface area contributed by atoms with Gasteiger partial charge in [0.25, 0.3) is 8.32 Å². The summed E-state index contributed by atoms with van der Waals surface area (Å²) in [5.74, 6) is 12.0. The molecule has 40 heavy (non-hydrogen) atoms. The Morgan fingerprint density at radius 2 is 1.48 bits per heavy atom. The highest BCUT2D eigenvalue weighted by atomic mass is 28.4. The average Bonchev–Trinajstić information content (AvgIpc) is 3.23. The number of benzene rings is 2. The van der Waals surface area contributed by atoms with Crippen LogP contribution in [0.3, 0.4) is 0 Å². The van der Waals surface area contributed by atoms with E-state index in [4.69, 9.17) is 13.9 Å². The summed E-state index contributed by atoms with van der Waals surface area (Å²) in [5.41, 5.74) is 0. The molecule has 0 unspecified atom stereocenters. The Labute approximate surface area is 244 Å². The molecule has 1 heterocycles. The fraction of sp³-hybridized carbons (Fsp3) is 0.500. The number of hydrogen-bond donors (Lipinski definition) is 0. The number of hydrogen-bond acceptors (Lipinski definition) is 3. The average molecular weight is 557 g/mol. The molecule has 2 aromatic rings. The van der Waals surface area contributed by atoms with E-state index in [9.17, 15) is 0 Å². The van der Waals surface area contributed by atoms with Gasteiger partial charge in [0.1, 0.15) is 6.10 Å². The van der Waals surface area contributed by atoms with Crippen LogP contribution >= 0.6 is 0 Å². The van der Waals surface area contributed by atoms with Crippen molar-refractivity contribution in [3.05, 3.63) is 73.3 Å². The molecule has 3 nitrogen and oxygen atoms in total. The third kappa shape index (κ3) is 8.45. The highest BCUT2D eigenvalue weighted by Crippen LogP contribution is 2.37. The lowest BCUT2D eigenvalue weighted by molar-refractivity contribution is -0.146. The second-order valence-corrected chi connectivity index (χ2v) is 16.4. The molecular formula is C36H48O3Si. The first-order valence-corrected chi connectivity index (χ1v) is 16.8. The molecule has 4 heteroatoms. The van der Waals surface area contributed by atoms with Crippen molar-refractivity contribution < 1.29 is 13.9 Å². The van der Waals surface area contributed by atoms with Crippen LogP contribution in [0.1, 0.15) is 86.5 Å². The summed E-state index contributed by atoms with van der Waals surface area (Å²) in [4.78, 5) is 0. The molecule has 1 aliphatic rings. The molecule has 1 fully saturated rings. The normalized spacial score (nSPS) is 19.1. The second kappa shape index (κ2) is 14.9. The summed E-state index contributed by atoms with van der Waals surface area (Å²) >= 11 is 0. The van der Waals surface area contributed by atoms with Crippen molar-refractivity contribution in [2.45, 2.75) is 116 Å². The minimum absolute atomic E-state index is 0.0287. The molecule has 0 aliphatic carbocycles. The zero-order valence-corrected chi connectivity index (χ0v) is 26.5. The van der Waals surface area contributed by atoms with Gasteiger partial charge in [-0.1, -0.05) is 145 Å². The lowest BCUT2D eigenvalue weighted by Crippen LogP contribution is -2.67. The van der Waals surface area contributed by atoms with Crippen molar-refractivity contribution in [2.24, 2.45) is 0 Å². The largest absolute Gasteiger partial charge is 0.390 e. The minimum Gasteiger partial charge on any atom is -0.390 e. The summed E-state index contributed by atoms with van der Waals surface area (Å²) in [5, 5.41) is 2.30. The Morgan fingerprint density at radius 1 is 0.900 bits per heavy atom. The minimum atomic E-state index is -2.73. The van der Waals surface area contributed by atoms with Crippen LogP contribution in [0.25, 0.3) is 0 Å². The van der Waals surface area contributed by atoms with Gasteiger partial charge >= 0.3 is 0 Å². The van der Waals surface area contributed by atoms with Gasteiger partial charge in [0.15, 0.2) is 5.79 Å². The first-order chi connectivity index (χ1) is 19.1. The molecular weight excluding hydrogens is 508 g/mol. The Bertz CT molecular complexity index is 1140. The maximum atomic E-state index is 7.06. The molecule has 0 spiro atoms. The van der Waals surface area contributed by atoms with E-state index in [0.29, 0.717) is 6.42 Å². The van der Waals surface area contributed by atoms with Gasteiger partial charge in [0.2, 0.25) is 0 Å². The molecule has 0 bridgehead atoms. The molecule has 3 rings (SSSR count). The molecule has 0 saturated carbocycles. The molecule has 2 aromatic carbocycles. The van der Waals surface area contributed by atoms with Crippen LogP contribution in [0, 0.1) is 23.7 Å². The van der Waals surface area contributed by atoms with E-state index in [0.717, 1.165) is 12.8 Å². The third-order valence-corrected chi connectivity index (χ3v) is 12.5. The maximum Gasteiger partial charge on any atom is 0.263 e. The molecule has 214 valence electrons. The highest BCUT2D eigenvalue weighted by molar-refractivity contribution is 6.99. The van der Waals surface area contributed by atoms with Crippen LogP contribution in [-0.4, -0.2) is 32.4 Å². The Hall–Kier alpha value is -2.60. The van der Waals surface area contributed by atoms with Gasteiger partial charge in [0, 0.05) is 6.42 Å². The summed E-state index contributed by atoms with van der Waals surface area (Å²) < 4.78 is 19.4. The lowest BCUT2D eigenvalue weighted by Gasteiger charge is -2.44. The van der Waals surface area contributed by atoms with Crippen LogP contribution in [-0.2, 0) is 13.9 Å². The summed E-state index contributed by atoms with van der Waals surface area (Å²) in [6.45, 7) is 17.1. The monoisotopic (exact) mass is 556 g/mol. The van der Waals surface area contributed by atoms with Crippen molar-refractivity contribution in [3.8, 4) is 23.7 Å². The van der Waals surface area contributed by atoms with Crippen LogP contribution in [0.2, 0.25) is 5.04 Å². The first kappa shape index (κ1) is 31.9. The fourth-order valence-electron chi connectivity index (χ4n) is 5.60. The molecule has 3 atom stereocenters. The van der Waals surface area contributed by atoms with Crippen LogP contribution in [0.15, 0.2) is 73.3 Å². The van der Waals surface area contributed by atoms with E-state index in [1.165, 1.54) is 36.1 Å². The van der Waals surface area contributed by atoms with Gasteiger partial charge in [-0.3, -0.25) is 0 Å². The number of unbranched alkanes of at least 4 members (excludes halogenated alkanes) is 4. The van der Waals surface area contributed by atoms with Gasteiger partial charge < -0.3 is 13.9 Å². The number of rotatable bonds is 12. The molecule has 0 amide bonds. The van der Waals surface area contributed by atoms with E-state index in [2.05, 4.69) is 106 Å². The standard InChI is InChI=1S/C36H48O3Si/c1-8-10-11-12-21-28-33-34(38-36(6,7)37-33)29-22-13-16-23-30(9-2)39-40(35(3,4)5,31-24-17-14-18-25-31)32-26-19-15-20-27-32/h9,14-15,17-20,24-27,30,33-34H,2,8,10-12,21,28-29H2,1,3-7H3/t30-,33-,34-/m1/s1. The van der Waals surface area contributed by atoms with Gasteiger partial charge in [-0.2, -0.15) is 0 Å². The highest BCUT2D eigenvalue weighted by Gasteiger charge is 2.51. The Balaban J connectivity index is 1.76. The van der Waals surface area contributed by atoms with Crippen molar-refractivity contribution in [3.63, 3.8) is 0 Å². The van der Waals surface area contributed by atoms with E-state index in [1.807, 2.05) is 26.0 Å². The molecule has 1 aliphatic heterocycles. The Morgan fingerprint density at radius 3 is 2.02 bits per heavy atom. The first-order valence-electron chi connectivity index (χ1n) is 14.9. The predicted octanol–water partition coefficient (Wildman–Crippen LogP) is 7.40. The van der Waals surface area contributed by atoms with E-state index in [-0.39, 0.29) is 17.2 Å². The van der Waals surface area contributed by atoms with E-state index >= 15 is 0 Å². The topological polar surface area (TPSA) is 27.7 Å². The fourth-order valence-corrected chi connectivity index (χ4v) is 10.1. The maximum absolute atomic E-state index is 7.06. The van der Waals surface area contributed by atoms with E-state index < -0.39 is 20.2 Å². The van der Waals surface area contributed by atoms with Crippen LogP contribution in [0.5, 0.6) is 0 Å². The molecule has 0 aromatic heterocycles.